The van der Waals surface area contributed by atoms with Crippen molar-refractivity contribution in [3.05, 3.63) is 53.7 Å². The van der Waals surface area contributed by atoms with Crippen molar-refractivity contribution in [2.75, 3.05) is 26.3 Å². The van der Waals surface area contributed by atoms with Crippen molar-refractivity contribution < 1.29 is 14.2 Å². The molecule has 3 rings (SSSR count). The molecule has 8 nitrogen and oxygen atoms in total. The normalized spacial score (nSPS) is 10.5. The minimum absolute atomic E-state index is 0.228. The van der Waals surface area contributed by atoms with Crippen molar-refractivity contribution >= 4 is 5.69 Å². The van der Waals surface area contributed by atoms with Gasteiger partial charge in [0, 0.05) is 24.9 Å². The lowest BCUT2D eigenvalue weighted by Gasteiger charge is -2.19. The molecule has 0 atom stereocenters. The molecule has 146 valence electrons. The largest absolute Gasteiger partial charge is 0.480 e. The Morgan fingerprint density at radius 1 is 1.04 bits per heavy atom. The lowest BCUT2D eigenvalue weighted by atomic mass is 10.1. The summed E-state index contributed by atoms with van der Waals surface area (Å²) < 4.78 is 16.3. The third kappa shape index (κ3) is 4.12. The van der Waals surface area contributed by atoms with Crippen LogP contribution in [0.3, 0.4) is 0 Å². The van der Waals surface area contributed by atoms with Crippen LogP contribution in [0.25, 0.3) is 11.3 Å². The van der Waals surface area contributed by atoms with E-state index in [0.29, 0.717) is 29.6 Å². The molecule has 2 N–H and O–H groups in total. The maximum atomic E-state index is 5.94. The summed E-state index contributed by atoms with van der Waals surface area (Å²) in [5.41, 5.74) is 4.28. The Bertz CT molecular complexity index is 962. The zero-order valence-electron chi connectivity index (χ0n) is 16.3. The van der Waals surface area contributed by atoms with Crippen molar-refractivity contribution in [3.63, 3.8) is 0 Å². The lowest BCUT2D eigenvalue weighted by molar-refractivity contribution is 0.293. The molecule has 2 heterocycles. The average molecular weight is 381 g/mol. The Balaban J connectivity index is 1.86. The fourth-order valence-corrected chi connectivity index (χ4v) is 2.78. The van der Waals surface area contributed by atoms with Crippen LogP contribution in [-0.2, 0) is 6.61 Å². The van der Waals surface area contributed by atoms with Crippen LogP contribution in [0.4, 0.5) is 5.69 Å². The van der Waals surface area contributed by atoms with Gasteiger partial charge in [0.2, 0.25) is 11.8 Å². The fraction of sp³-hybridized carbons (Fsp3) is 0.250. The number of rotatable bonds is 7. The summed E-state index contributed by atoms with van der Waals surface area (Å²) in [5.74, 6) is 6.79. The van der Waals surface area contributed by atoms with Gasteiger partial charge in [0.25, 0.3) is 0 Å². The first-order chi connectivity index (χ1) is 13.5. The third-order valence-electron chi connectivity index (χ3n) is 4.24. The molecule has 0 aliphatic rings. The van der Waals surface area contributed by atoms with E-state index in [4.69, 9.17) is 20.1 Å². The monoisotopic (exact) mass is 381 g/mol. The van der Waals surface area contributed by atoms with Crippen LogP contribution in [0, 0.1) is 6.92 Å². The number of ether oxygens (including phenoxy) is 3. The van der Waals surface area contributed by atoms with Crippen LogP contribution >= 0.6 is 0 Å². The molecule has 0 radical (unpaired) electrons. The van der Waals surface area contributed by atoms with Crippen LogP contribution < -0.4 is 25.1 Å². The molecule has 1 aromatic carbocycles. The zero-order valence-corrected chi connectivity index (χ0v) is 16.3. The molecule has 28 heavy (non-hydrogen) atoms. The second kappa shape index (κ2) is 8.53. The predicted molar refractivity (Wildman–Crippen MR) is 106 cm³/mol. The SMILES string of the molecule is COc1ncc(-c2cccc(OCc3c(C)cccc3N(C)N)n2)c(OC)n1. The first-order valence-corrected chi connectivity index (χ1v) is 8.65. The molecule has 3 aromatic rings. The summed E-state index contributed by atoms with van der Waals surface area (Å²) in [6, 6.07) is 11.7. The summed E-state index contributed by atoms with van der Waals surface area (Å²) in [6.45, 7) is 2.37. The fourth-order valence-electron chi connectivity index (χ4n) is 2.78. The number of anilines is 1. The van der Waals surface area contributed by atoms with E-state index < -0.39 is 0 Å². The number of hydrogen-bond acceptors (Lipinski definition) is 8. The molecule has 0 bridgehead atoms. The van der Waals surface area contributed by atoms with E-state index >= 15 is 0 Å². The highest BCUT2D eigenvalue weighted by molar-refractivity contribution is 5.64. The van der Waals surface area contributed by atoms with E-state index in [1.165, 1.54) is 14.2 Å². The van der Waals surface area contributed by atoms with Gasteiger partial charge in [-0.2, -0.15) is 4.98 Å². The van der Waals surface area contributed by atoms with Crippen molar-refractivity contribution in [2.45, 2.75) is 13.5 Å². The lowest BCUT2D eigenvalue weighted by Crippen LogP contribution is -2.26. The minimum Gasteiger partial charge on any atom is -0.480 e. The maximum absolute atomic E-state index is 5.94. The van der Waals surface area contributed by atoms with Gasteiger partial charge >= 0.3 is 6.01 Å². The number of pyridine rings is 1. The molecule has 0 unspecified atom stereocenters. The zero-order chi connectivity index (χ0) is 20.1. The first-order valence-electron chi connectivity index (χ1n) is 8.65. The average Bonchev–Trinajstić information content (AvgIpc) is 2.72. The Hall–Kier alpha value is -3.39. The van der Waals surface area contributed by atoms with Crippen LogP contribution in [0.2, 0.25) is 0 Å². The highest BCUT2D eigenvalue weighted by Crippen LogP contribution is 2.29. The molecule has 0 amide bonds. The Morgan fingerprint density at radius 3 is 2.54 bits per heavy atom. The van der Waals surface area contributed by atoms with E-state index in [9.17, 15) is 0 Å². The summed E-state index contributed by atoms with van der Waals surface area (Å²) in [7, 11) is 4.83. The van der Waals surface area contributed by atoms with Gasteiger partial charge in [-0.1, -0.05) is 18.2 Å². The summed E-state index contributed by atoms with van der Waals surface area (Å²) in [4.78, 5) is 12.9. The quantitative estimate of drug-likeness (QED) is 0.493. The van der Waals surface area contributed by atoms with Crippen LogP contribution in [-0.4, -0.2) is 36.2 Å². The highest BCUT2D eigenvalue weighted by Gasteiger charge is 2.13. The van der Waals surface area contributed by atoms with Crippen molar-refractivity contribution in [3.8, 4) is 29.0 Å². The molecular weight excluding hydrogens is 358 g/mol. The van der Waals surface area contributed by atoms with E-state index in [-0.39, 0.29) is 6.01 Å². The van der Waals surface area contributed by atoms with Gasteiger partial charge < -0.3 is 19.2 Å². The molecule has 0 spiro atoms. The third-order valence-corrected chi connectivity index (χ3v) is 4.24. The second-order valence-corrected chi connectivity index (χ2v) is 6.11. The van der Waals surface area contributed by atoms with E-state index in [2.05, 4.69) is 15.0 Å². The smallest absolute Gasteiger partial charge is 0.319 e. The number of aryl methyl sites for hydroxylation is 1. The highest BCUT2D eigenvalue weighted by atomic mass is 16.5. The molecule has 0 fully saturated rings. The Kier molecular flexibility index (Phi) is 5.90. The molecular formula is C20H23N5O3. The number of nitrogens with zero attached hydrogens (tertiary/aromatic N) is 4. The van der Waals surface area contributed by atoms with Gasteiger partial charge in [0.15, 0.2) is 0 Å². The van der Waals surface area contributed by atoms with Gasteiger partial charge in [-0.15, -0.1) is 0 Å². The van der Waals surface area contributed by atoms with E-state index in [1.807, 2.05) is 37.3 Å². The van der Waals surface area contributed by atoms with Crippen LogP contribution in [0.1, 0.15) is 11.1 Å². The number of benzene rings is 1. The number of hydrazine groups is 1. The Morgan fingerprint density at radius 2 is 1.82 bits per heavy atom. The van der Waals surface area contributed by atoms with Gasteiger partial charge in [-0.05, 0) is 24.6 Å². The minimum atomic E-state index is 0.228. The van der Waals surface area contributed by atoms with Crippen LogP contribution in [0.5, 0.6) is 17.8 Å². The van der Waals surface area contributed by atoms with Crippen molar-refractivity contribution in [2.24, 2.45) is 5.84 Å². The number of hydrogen-bond donors (Lipinski definition) is 1. The second-order valence-electron chi connectivity index (χ2n) is 6.11. The standard InChI is InChI=1S/C20H23N5O3/c1-13-7-5-9-17(25(2)21)15(13)12-28-18-10-6-8-16(23-18)14-11-22-20(27-4)24-19(14)26-3/h5-11H,12,21H2,1-4H3. The predicted octanol–water partition coefficient (Wildman–Crippen LogP) is 2.75. The van der Waals surface area contributed by atoms with Crippen LogP contribution in [0.15, 0.2) is 42.6 Å². The molecule has 0 aliphatic carbocycles. The van der Waals surface area contributed by atoms with Crippen molar-refractivity contribution in [1.29, 1.82) is 0 Å². The molecule has 2 aromatic heterocycles. The molecule has 0 aliphatic heterocycles. The topological polar surface area (TPSA) is 95.6 Å². The number of aromatic nitrogens is 3. The summed E-state index contributed by atoms with van der Waals surface area (Å²) >= 11 is 0. The number of methoxy groups -OCH3 is 2. The molecule has 0 saturated carbocycles. The van der Waals surface area contributed by atoms with Crippen molar-refractivity contribution in [1.82, 2.24) is 15.0 Å². The Labute approximate surface area is 163 Å². The van der Waals surface area contributed by atoms with E-state index in [1.54, 1.807) is 24.3 Å². The van der Waals surface area contributed by atoms with Gasteiger partial charge in [-0.25, -0.2) is 15.8 Å². The molecule has 8 heteroatoms. The first kappa shape index (κ1) is 19.4. The summed E-state index contributed by atoms with van der Waals surface area (Å²) in [5, 5.41) is 1.58. The number of nitrogens with two attached hydrogens (primary N) is 1. The van der Waals surface area contributed by atoms with Gasteiger partial charge in [0.05, 0.1) is 31.2 Å². The summed E-state index contributed by atoms with van der Waals surface area (Å²) in [6.07, 6.45) is 1.61. The van der Waals surface area contributed by atoms with Gasteiger partial charge in [0.1, 0.15) is 6.61 Å². The van der Waals surface area contributed by atoms with Gasteiger partial charge in [-0.3, -0.25) is 0 Å². The van der Waals surface area contributed by atoms with E-state index in [0.717, 1.165) is 16.8 Å². The molecule has 0 saturated heterocycles. The maximum Gasteiger partial charge on any atom is 0.319 e.